The molecule has 1 amide bonds. The number of nitrogens with one attached hydrogen (secondary N) is 1. The van der Waals surface area contributed by atoms with Crippen LogP contribution in [0, 0.1) is 6.92 Å². The lowest BCUT2D eigenvalue weighted by Crippen LogP contribution is -2.40. The minimum absolute atomic E-state index is 0.108. The summed E-state index contributed by atoms with van der Waals surface area (Å²) in [5.41, 5.74) is 4.58. The molecule has 37 heavy (non-hydrogen) atoms. The third-order valence-corrected chi connectivity index (χ3v) is 7.97. The van der Waals surface area contributed by atoms with Crippen molar-refractivity contribution in [3.8, 4) is 0 Å². The Morgan fingerprint density at radius 3 is 2.03 bits per heavy atom. The van der Waals surface area contributed by atoms with Crippen molar-refractivity contribution in [3.05, 3.63) is 120 Å². The Kier molecular flexibility index (Phi) is 6.70. The standard InChI is InChI=1S/C30H25N3O3S/c1-22-11-5-10-18-29(22)33(37(35,36)25-14-3-2-4-15-25)21-30(34)32-31-20-28-26-16-8-6-12-23(26)19-24-13-7-9-17-27(24)28/h2-20H,21H2,1H3,(H,32,34)/b31-20+. The molecule has 0 saturated heterocycles. The smallest absolute Gasteiger partial charge is 0.264 e. The van der Waals surface area contributed by atoms with Gasteiger partial charge in [0, 0.05) is 5.56 Å². The van der Waals surface area contributed by atoms with Crippen LogP contribution >= 0.6 is 0 Å². The largest absolute Gasteiger partial charge is 0.271 e. The Morgan fingerprint density at radius 1 is 0.811 bits per heavy atom. The number of carbonyl (C=O) groups excluding carboxylic acids is 1. The van der Waals surface area contributed by atoms with Gasteiger partial charge >= 0.3 is 0 Å². The molecule has 0 aliphatic heterocycles. The predicted octanol–water partition coefficient (Wildman–Crippen LogP) is 5.65. The van der Waals surface area contributed by atoms with Crippen molar-refractivity contribution < 1.29 is 13.2 Å². The fourth-order valence-electron chi connectivity index (χ4n) is 4.39. The highest BCUT2D eigenvalue weighted by molar-refractivity contribution is 7.92. The molecule has 0 atom stereocenters. The average molecular weight is 508 g/mol. The maximum Gasteiger partial charge on any atom is 0.264 e. The molecule has 0 aromatic heterocycles. The Labute approximate surface area is 215 Å². The van der Waals surface area contributed by atoms with Gasteiger partial charge in [0.25, 0.3) is 15.9 Å². The first-order valence-electron chi connectivity index (χ1n) is 11.8. The van der Waals surface area contributed by atoms with E-state index in [9.17, 15) is 13.2 Å². The number of aryl methyl sites for hydroxylation is 1. The number of sulfonamides is 1. The first-order chi connectivity index (χ1) is 17.9. The number of para-hydroxylation sites is 1. The third-order valence-electron chi connectivity index (χ3n) is 6.20. The van der Waals surface area contributed by atoms with E-state index in [-0.39, 0.29) is 4.90 Å². The lowest BCUT2D eigenvalue weighted by molar-refractivity contribution is -0.119. The number of amides is 1. The molecular weight excluding hydrogens is 482 g/mol. The van der Waals surface area contributed by atoms with Gasteiger partial charge in [0.2, 0.25) is 0 Å². The zero-order chi connectivity index (χ0) is 25.8. The lowest BCUT2D eigenvalue weighted by Gasteiger charge is -2.25. The molecule has 0 aliphatic carbocycles. The first kappa shape index (κ1) is 24.2. The second kappa shape index (κ2) is 10.2. The molecule has 0 spiro atoms. The number of rotatable bonds is 7. The van der Waals surface area contributed by atoms with Gasteiger partial charge in [-0.05, 0) is 58.3 Å². The molecule has 0 unspecified atom stereocenters. The van der Waals surface area contributed by atoms with Gasteiger partial charge < -0.3 is 0 Å². The summed E-state index contributed by atoms with van der Waals surface area (Å²) in [6.07, 6.45) is 1.62. The summed E-state index contributed by atoms with van der Waals surface area (Å²) in [7, 11) is -3.99. The fourth-order valence-corrected chi connectivity index (χ4v) is 5.89. The minimum Gasteiger partial charge on any atom is -0.271 e. The average Bonchev–Trinajstić information content (AvgIpc) is 2.92. The Bertz CT molecular complexity index is 1680. The Hall–Kier alpha value is -4.49. The summed E-state index contributed by atoms with van der Waals surface area (Å²) < 4.78 is 28.2. The predicted molar refractivity (Wildman–Crippen MR) is 149 cm³/mol. The number of fused-ring (bicyclic) bond motifs is 2. The SMILES string of the molecule is Cc1ccccc1N(CC(=O)N/N=C/c1c2ccccc2cc2ccccc12)S(=O)(=O)c1ccccc1. The van der Waals surface area contributed by atoms with E-state index in [1.54, 1.807) is 36.5 Å². The summed E-state index contributed by atoms with van der Waals surface area (Å²) in [6, 6.07) is 33.2. The number of hydrazone groups is 1. The van der Waals surface area contributed by atoms with E-state index in [1.807, 2.05) is 67.6 Å². The van der Waals surface area contributed by atoms with Gasteiger partial charge in [-0.25, -0.2) is 13.8 Å². The van der Waals surface area contributed by atoms with E-state index in [1.165, 1.54) is 12.1 Å². The van der Waals surface area contributed by atoms with Gasteiger partial charge in [0.05, 0.1) is 16.8 Å². The van der Waals surface area contributed by atoms with E-state index < -0.39 is 22.5 Å². The van der Waals surface area contributed by atoms with Crippen LogP contribution in [0.5, 0.6) is 0 Å². The highest BCUT2D eigenvalue weighted by Gasteiger charge is 2.28. The monoisotopic (exact) mass is 507 g/mol. The summed E-state index contributed by atoms with van der Waals surface area (Å²) in [4.78, 5) is 13.1. The van der Waals surface area contributed by atoms with Crippen LogP contribution < -0.4 is 9.73 Å². The van der Waals surface area contributed by atoms with Crippen LogP contribution in [-0.4, -0.2) is 27.1 Å². The van der Waals surface area contributed by atoms with E-state index in [0.29, 0.717) is 5.69 Å². The molecule has 0 aliphatic rings. The van der Waals surface area contributed by atoms with E-state index in [0.717, 1.165) is 37.0 Å². The molecule has 5 rings (SSSR count). The topological polar surface area (TPSA) is 78.8 Å². The summed E-state index contributed by atoms with van der Waals surface area (Å²) >= 11 is 0. The number of hydrogen-bond donors (Lipinski definition) is 1. The molecule has 184 valence electrons. The second-order valence-corrected chi connectivity index (χ2v) is 10.5. The summed E-state index contributed by atoms with van der Waals surface area (Å²) in [5, 5.41) is 8.36. The maximum absolute atomic E-state index is 13.5. The first-order valence-corrected chi connectivity index (χ1v) is 13.2. The summed E-state index contributed by atoms with van der Waals surface area (Å²) in [5.74, 6) is -0.552. The van der Waals surface area contributed by atoms with Crippen molar-refractivity contribution >= 4 is 49.4 Å². The van der Waals surface area contributed by atoms with Crippen molar-refractivity contribution in [2.75, 3.05) is 10.8 Å². The van der Waals surface area contributed by atoms with Crippen LogP contribution in [0.4, 0.5) is 5.69 Å². The molecule has 7 heteroatoms. The van der Waals surface area contributed by atoms with Crippen molar-refractivity contribution in [2.45, 2.75) is 11.8 Å². The lowest BCUT2D eigenvalue weighted by atomic mass is 9.97. The Balaban J connectivity index is 1.45. The molecular formula is C30H25N3O3S. The normalized spacial score (nSPS) is 11.7. The molecule has 0 saturated carbocycles. The molecule has 6 nitrogen and oxygen atoms in total. The van der Waals surface area contributed by atoms with Crippen LogP contribution in [0.15, 0.2) is 119 Å². The number of nitrogens with zero attached hydrogens (tertiary/aromatic N) is 2. The number of carbonyl (C=O) groups is 1. The minimum atomic E-state index is -3.99. The van der Waals surface area contributed by atoms with Gasteiger partial charge in [-0.1, -0.05) is 84.9 Å². The highest BCUT2D eigenvalue weighted by Crippen LogP contribution is 2.28. The van der Waals surface area contributed by atoms with Crippen molar-refractivity contribution in [2.24, 2.45) is 5.10 Å². The quantitative estimate of drug-likeness (QED) is 0.176. The zero-order valence-electron chi connectivity index (χ0n) is 20.2. The Morgan fingerprint density at radius 2 is 1.38 bits per heavy atom. The fraction of sp³-hybridized carbons (Fsp3) is 0.0667. The highest BCUT2D eigenvalue weighted by atomic mass is 32.2. The van der Waals surface area contributed by atoms with E-state index >= 15 is 0 Å². The molecule has 0 heterocycles. The zero-order valence-corrected chi connectivity index (χ0v) is 21.0. The van der Waals surface area contributed by atoms with Crippen LogP contribution in [-0.2, 0) is 14.8 Å². The van der Waals surface area contributed by atoms with Gasteiger partial charge in [-0.2, -0.15) is 5.10 Å². The molecule has 0 radical (unpaired) electrons. The van der Waals surface area contributed by atoms with Crippen molar-refractivity contribution in [1.29, 1.82) is 0 Å². The molecule has 5 aromatic carbocycles. The second-order valence-electron chi connectivity index (χ2n) is 8.64. The van der Waals surface area contributed by atoms with E-state index in [2.05, 4.69) is 16.6 Å². The van der Waals surface area contributed by atoms with Crippen molar-refractivity contribution in [1.82, 2.24) is 5.43 Å². The van der Waals surface area contributed by atoms with Gasteiger partial charge in [-0.3, -0.25) is 9.10 Å². The van der Waals surface area contributed by atoms with Crippen LogP contribution in [0.25, 0.3) is 21.5 Å². The maximum atomic E-state index is 13.5. The van der Waals surface area contributed by atoms with Gasteiger partial charge in [0.15, 0.2) is 0 Å². The van der Waals surface area contributed by atoms with Crippen LogP contribution in [0.2, 0.25) is 0 Å². The third kappa shape index (κ3) is 4.94. The van der Waals surface area contributed by atoms with Crippen molar-refractivity contribution in [3.63, 3.8) is 0 Å². The van der Waals surface area contributed by atoms with E-state index in [4.69, 9.17) is 0 Å². The van der Waals surface area contributed by atoms with Gasteiger partial charge in [-0.15, -0.1) is 0 Å². The number of benzene rings is 5. The summed E-state index contributed by atoms with van der Waals surface area (Å²) in [6.45, 7) is 1.39. The number of hydrogen-bond acceptors (Lipinski definition) is 4. The van der Waals surface area contributed by atoms with Gasteiger partial charge in [0.1, 0.15) is 6.54 Å². The molecule has 5 aromatic rings. The molecule has 0 bridgehead atoms. The number of anilines is 1. The molecule has 0 fully saturated rings. The van der Waals surface area contributed by atoms with Crippen LogP contribution in [0.3, 0.4) is 0 Å². The van der Waals surface area contributed by atoms with Crippen LogP contribution in [0.1, 0.15) is 11.1 Å². The molecule has 1 N–H and O–H groups in total.